The van der Waals surface area contributed by atoms with E-state index < -0.39 is 0 Å². The van der Waals surface area contributed by atoms with Crippen molar-refractivity contribution >= 4 is 40.0 Å². The second-order valence-electron chi connectivity index (χ2n) is 6.06. The van der Waals surface area contributed by atoms with Crippen molar-refractivity contribution in [2.24, 2.45) is 0 Å². The second-order valence-corrected chi connectivity index (χ2v) is 6.78. The van der Waals surface area contributed by atoms with Crippen LogP contribution in [0.25, 0.3) is 0 Å². The molecule has 1 aromatic rings. The molecule has 0 bridgehead atoms. The quantitative estimate of drug-likeness (QED) is 0.363. The Kier molecular flexibility index (Phi) is 8.57. The number of rotatable bonds is 10. The molecule has 0 aromatic carbocycles. The van der Waals surface area contributed by atoms with E-state index in [2.05, 4.69) is 48.1 Å². The highest BCUT2D eigenvalue weighted by Crippen LogP contribution is 2.27. The van der Waals surface area contributed by atoms with Crippen LogP contribution in [-0.2, 0) is 5.54 Å². The van der Waals surface area contributed by atoms with E-state index in [4.69, 9.17) is 0 Å². The number of H-pyrrole nitrogens is 1. The maximum absolute atomic E-state index is 12.3. The standard InChI is InChI=1S/C15H25B2IN2O2/c1-4-6-7-8-10-15(3,9-5-2)20-11-12(16-17-18)13(21)19-14(20)22/h11H,4-10H2,1-3H3,(H,19,21,22). The van der Waals surface area contributed by atoms with Gasteiger partial charge in [-0.2, -0.15) is 22.4 Å². The maximum atomic E-state index is 12.3. The van der Waals surface area contributed by atoms with Crippen LogP contribution in [0.2, 0.25) is 0 Å². The summed E-state index contributed by atoms with van der Waals surface area (Å²) in [5, 5.41) is 1.79. The highest BCUT2D eigenvalue weighted by molar-refractivity contribution is 14.1. The average molecular weight is 414 g/mol. The number of aromatic nitrogens is 2. The topological polar surface area (TPSA) is 54.9 Å². The molecule has 0 fully saturated rings. The van der Waals surface area contributed by atoms with Gasteiger partial charge in [0.2, 0.25) is 5.56 Å². The molecule has 1 atom stereocenters. The molecule has 7 heteroatoms. The monoisotopic (exact) mass is 414 g/mol. The number of aromatic amines is 1. The first-order valence-corrected chi connectivity index (χ1v) is 9.36. The molecule has 0 saturated carbocycles. The summed E-state index contributed by atoms with van der Waals surface area (Å²) in [7, 11) is 1.73. The highest BCUT2D eigenvalue weighted by atomic mass is 127. The van der Waals surface area contributed by atoms with Crippen LogP contribution in [0.4, 0.5) is 0 Å². The first-order chi connectivity index (χ1) is 10.5. The van der Waals surface area contributed by atoms with Gasteiger partial charge in [-0.1, -0.05) is 46.0 Å². The molecule has 0 aliphatic carbocycles. The smallest absolute Gasteiger partial charge is 0.295 e. The van der Waals surface area contributed by atoms with Gasteiger partial charge in [0.05, 0.1) is 0 Å². The minimum atomic E-state index is -0.320. The summed E-state index contributed by atoms with van der Waals surface area (Å²) in [6.45, 7) is 6.45. The molecule has 22 heavy (non-hydrogen) atoms. The van der Waals surface area contributed by atoms with E-state index >= 15 is 0 Å². The van der Waals surface area contributed by atoms with Crippen molar-refractivity contribution in [3.8, 4) is 0 Å². The molecule has 120 valence electrons. The first-order valence-electron chi connectivity index (χ1n) is 8.11. The fraction of sp³-hybridized carbons (Fsp3) is 0.733. The van der Waals surface area contributed by atoms with Crippen molar-refractivity contribution in [3.63, 3.8) is 0 Å². The number of unbranched alkanes of at least 4 members (excludes halogenated alkanes) is 3. The number of nitrogens with zero attached hydrogens (tertiary/aromatic N) is 1. The highest BCUT2D eigenvalue weighted by Gasteiger charge is 2.26. The Morgan fingerprint density at radius 1 is 1.18 bits per heavy atom. The second kappa shape index (κ2) is 9.63. The molecule has 1 N–H and O–H groups in total. The van der Waals surface area contributed by atoms with Crippen LogP contribution >= 0.6 is 22.4 Å². The van der Waals surface area contributed by atoms with Crippen LogP contribution in [0.3, 0.4) is 0 Å². The van der Waals surface area contributed by atoms with E-state index in [0.717, 1.165) is 25.7 Å². The normalized spacial score (nSPS) is 13.6. The SMILES string of the molecule is CCCCCCC(C)(CCC)n1cc([B][B]I)c(=O)[nH]c1=O. The molecule has 4 nitrogen and oxygen atoms in total. The van der Waals surface area contributed by atoms with Gasteiger partial charge in [-0.3, -0.25) is 14.3 Å². The lowest BCUT2D eigenvalue weighted by Gasteiger charge is -2.32. The van der Waals surface area contributed by atoms with Crippen LogP contribution < -0.4 is 16.7 Å². The van der Waals surface area contributed by atoms with Crippen LogP contribution in [0, 0.1) is 0 Å². The van der Waals surface area contributed by atoms with Crippen LogP contribution in [0.15, 0.2) is 15.8 Å². The Labute approximate surface area is 147 Å². The molecule has 0 amide bonds. The predicted molar refractivity (Wildman–Crippen MR) is 104 cm³/mol. The van der Waals surface area contributed by atoms with Gasteiger partial charge in [-0.15, -0.1) is 0 Å². The fourth-order valence-electron chi connectivity index (χ4n) is 2.91. The van der Waals surface area contributed by atoms with Gasteiger partial charge >= 0.3 is 5.69 Å². The fourth-order valence-corrected chi connectivity index (χ4v) is 3.30. The van der Waals surface area contributed by atoms with Crippen molar-refractivity contribution in [1.82, 2.24) is 9.55 Å². The van der Waals surface area contributed by atoms with E-state index in [1.54, 1.807) is 23.0 Å². The Morgan fingerprint density at radius 3 is 2.50 bits per heavy atom. The molecule has 0 spiro atoms. The van der Waals surface area contributed by atoms with Gasteiger partial charge in [0.25, 0.3) is 0 Å². The van der Waals surface area contributed by atoms with Gasteiger partial charge in [-0.05, 0) is 25.2 Å². The molecule has 1 heterocycles. The molecule has 0 saturated heterocycles. The van der Waals surface area contributed by atoms with Crippen molar-refractivity contribution in [3.05, 3.63) is 27.0 Å². The summed E-state index contributed by atoms with van der Waals surface area (Å²) >= 11 is 2.08. The Balaban J connectivity index is 3.10. The van der Waals surface area contributed by atoms with E-state index in [-0.39, 0.29) is 16.8 Å². The minimum Gasteiger partial charge on any atom is -0.295 e. The third-order valence-corrected chi connectivity index (χ3v) is 4.51. The molecule has 2 radical (unpaired) electrons. The van der Waals surface area contributed by atoms with Gasteiger partial charge in [0, 0.05) is 11.7 Å². The largest absolute Gasteiger partial charge is 0.328 e. The van der Waals surface area contributed by atoms with Gasteiger partial charge in [0.1, 0.15) is 7.17 Å². The Bertz CT molecular complexity index is 573. The molecule has 1 aromatic heterocycles. The Hall–Kier alpha value is -0.460. The molecule has 0 aliphatic heterocycles. The molecule has 0 aliphatic rings. The van der Waals surface area contributed by atoms with Crippen LogP contribution in [0.5, 0.6) is 0 Å². The first kappa shape index (κ1) is 19.6. The lowest BCUT2D eigenvalue weighted by Crippen LogP contribution is -2.49. The summed E-state index contributed by atoms with van der Waals surface area (Å²) in [6.07, 6.45) is 9.33. The zero-order chi connectivity index (χ0) is 16.6. The van der Waals surface area contributed by atoms with Crippen molar-refractivity contribution < 1.29 is 0 Å². The van der Waals surface area contributed by atoms with Crippen molar-refractivity contribution in [1.29, 1.82) is 0 Å². The van der Waals surface area contributed by atoms with Crippen LogP contribution in [-0.4, -0.2) is 21.7 Å². The third kappa shape index (κ3) is 5.32. The number of halogens is 1. The lowest BCUT2D eigenvalue weighted by atomic mass is 9.51. The Morgan fingerprint density at radius 2 is 1.91 bits per heavy atom. The van der Waals surface area contributed by atoms with E-state index in [0.29, 0.717) is 5.46 Å². The maximum Gasteiger partial charge on any atom is 0.328 e. The van der Waals surface area contributed by atoms with Crippen molar-refractivity contribution in [2.45, 2.75) is 71.3 Å². The number of hydrogen-bond acceptors (Lipinski definition) is 2. The average Bonchev–Trinajstić information content (AvgIpc) is 2.47. The summed E-state index contributed by atoms with van der Waals surface area (Å²) in [6, 6.07) is 0. The van der Waals surface area contributed by atoms with Gasteiger partial charge in [0.15, 0.2) is 5.03 Å². The van der Waals surface area contributed by atoms with E-state index in [9.17, 15) is 9.59 Å². The molecule has 1 rings (SSSR count). The van der Waals surface area contributed by atoms with Crippen LogP contribution in [0.1, 0.15) is 65.7 Å². The molecule has 1 unspecified atom stereocenters. The summed E-state index contributed by atoms with van der Waals surface area (Å²) < 4.78 is 1.73. The molecular formula is C15H25B2IN2O2. The third-order valence-electron chi connectivity index (χ3n) is 4.15. The number of nitrogens with one attached hydrogen (secondary N) is 1. The van der Waals surface area contributed by atoms with Gasteiger partial charge in [-0.25, -0.2) is 4.79 Å². The lowest BCUT2D eigenvalue weighted by molar-refractivity contribution is 0.247. The van der Waals surface area contributed by atoms with E-state index in [1.165, 1.54) is 19.3 Å². The summed E-state index contributed by atoms with van der Waals surface area (Å²) in [5.41, 5.74) is -0.330. The van der Waals surface area contributed by atoms with E-state index in [1.807, 2.05) is 0 Å². The minimum absolute atomic E-state index is 0.238. The predicted octanol–water partition coefficient (Wildman–Crippen LogP) is 2.32. The molecular weight excluding hydrogens is 389 g/mol. The summed E-state index contributed by atoms with van der Waals surface area (Å²) in [4.78, 5) is 26.6. The zero-order valence-electron chi connectivity index (χ0n) is 13.8. The summed E-state index contributed by atoms with van der Waals surface area (Å²) in [5.74, 6) is 0. The van der Waals surface area contributed by atoms with Crippen molar-refractivity contribution in [2.75, 3.05) is 0 Å². The van der Waals surface area contributed by atoms with Gasteiger partial charge < -0.3 is 0 Å². The zero-order valence-corrected chi connectivity index (χ0v) is 16.0. The number of hydrogen-bond donors (Lipinski definition) is 1.